The van der Waals surface area contributed by atoms with Crippen LogP contribution in [0.3, 0.4) is 0 Å². The number of fused-ring (bicyclic) bond motifs is 2. The molecule has 5 rings (SSSR count). The summed E-state index contributed by atoms with van der Waals surface area (Å²) in [7, 11) is 0. The summed E-state index contributed by atoms with van der Waals surface area (Å²) in [5, 5.41) is 0.392. The first-order valence-corrected chi connectivity index (χ1v) is 9.98. The molecule has 0 radical (unpaired) electrons. The molecule has 3 aromatic carbocycles. The van der Waals surface area contributed by atoms with Crippen molar-refractivity contribution in [2.24, 2.45) is 0 Å². The van der Waals surface area contributed by atoms with Crippen LogP contribution >= 0.6 is 11.6 Å². The Kier molecular flexibility index (Phi) is 4.06. The van der Waals surface area contributed by atoms with E-state index in [0.717, 1.165) is 53.7 Å². The predicted octanol–water partition coefficient (Wildman–Crippen LogP) is 6.87. The smallest absolute Gasteiger partial charge is 0.135 e. The van der Waals surface area contributed by atoms with Crippen LogP contribution in [0.2, 0.25) is 5.02 Å². The Morgan fingerprint density at radius 3 is 2.29 bits per heavy atom. The fourth-order valence-corrected chi connectivity index (χ4v) is 4.74. The van der Waals surface area contributed by atoms with E-state index in [4.69, 9.17) is 16.3 Å². The van der Waals surface area contributed by atoms with Crippen molar-refractivity contribution < 1.29 is 9.13 Å². The van der Waals surface area contributed by atoms with Crippen molar-refractivity contribution in [3.8, 4) is 16.9 Å². The lowest BCUT2D eigenvalue weighted by Crippen LogP contribution is -2.33. The largest absolute Gasteiger partial charge is 0.482 e. The third-order valence-electron chi connectivity index (χ3n) is 6.07. The molecule has 1 nitrogen and oxygen atoms in total. The standard InChI is InChI=1S/C25H20ClFO/c1-16-23-14-19(20-12-21(26)15-22(27)13-20)6-7-24(23)28-25(16)10-8-17-4-2-3-5-18(17)9-11-25/h2-7,12-15H,1,8-11H2. The molecule has 0 saturated heterocycles. The molecule has 1 heterocycles. The molecular formula is C25H20ClFO. The van der Waals surface area contributed by atoms with E-state index in [0.29, 0.717) is 5.02 Å². The number of hydrogen-bond acceptors (Lipinski definition) is 1. The molecule has 0 amide bonds. The molecule has 0 fully saturated rings. The van der Waals surface area contributed by atoms with Crippen molar-refractivity contribution in [1.29, 1.82) is 0 Å². The first-order chi connectivity index (χ1) is 13.5. The van der Waals surface area contributed by atoms with Gasteiger partial charge in [-0.25, -0.2) is 4.39 Å². The average Bonchev–Trinajstić information content (AvgIpc) is 2.83. The maximum absolute atomic E-state index is 13.8. The lowest BCUT2D eigenvalue weighted by molar-refractivity contribution is 0.129. The Bertz CT molecular complexity index is 1050. The van der Waals surface area contributed by atoms with E-state index in [2.05, 4.69) is 36.9 Å². The molecule has 1 aliphatic carbocycles. The topological polar surface area (TPSA) is 9.23 Å². The van der Waals surface area contributed by atoms with E-state index < -0.39 is 0 Å². The van der Waals surface area contributed by atoms with Gasteiger partial charge in [0.2, 0.25) is 0 Å². The van der Waals surface area contributed by atoms with E-state index in [-0.39, 0.29) is 11.4 Å². The molecule has 140 valence electrons. The monoisotopic (exact) mass is 390 g/mol. The fraction of sp³-hybridized carbons (Fsp3) is 0.200. The van der Waals surface area contributed by atoms with E-state index in [9.17, 15) is 4.39 Å². The number of halogens is 2. The van der Waals surface area contributed by atoms with Crippen molar-refractivity contribution in [3.05, 3.63) is 94.8 Å². The van der Waals surface area contributed by atoms with Gasteiger partial charge in [-0.2, -0.15) is 0 Å². The summed E-state index contributed by atoms with van der Waals surface area (Å²) < 4.78 is 20.3. The minimum absolute atomic E-state index is 0.337. The van der Waals surface area contributed by atoms with Gasteiger partial charge in [0.05, 0.1) is 0 Å². The lowest BCUT2D eigenvalue weighted by Gasteiger charge is -2.28. The van der Waals surface area contributed by atoms with E-state index in [1.165, 1.54) is 23.3 Å². The SMILES string of the molecule is C=C1c2cc(-c3cc(F)cc(Cl)c3)ccc2OC12CCc1ccccc1CC2. The highest BCUT2D eigenvalue weighted by atomic mass is 35.5. The van der Waals surface area contributed by atoms with Crippen LogP contribution in [0, 0.1) is 5.82 Å². The molecule has 0 bridgehead atoms. The number of hydrogen-bond donors (Lipinski definition) is 0. The van der Waals surface area contributed by atoms with Crippen LogP contribution in [-0.4, -0.2) is 5.60 Å². The minimum Gasteiger partial charge on any atom is -0.482 e. The predicted molar refractivity (Wildman–Crippen MR) is 112 cm³/mol. The van der Waals surface area contributed by atoms with Crippen LogP contribution in [-0.2, 0) is 12.8 Å². The summed E-state index contributed by atoms with van der Waals surface area (Å²) in [5.41, 5.74) is 6.17. The van der Waals surface area contributed by atoms with Crippen molar-refractivity contribution in [1.82, 2.24) is 0 Å². The zero-order valence-electron chi connectivity index (χ0n) is 15.5. The van der Waals surface area contributed by atoms with Crippen LogP contribution in [0.1, 0.15) is 29.5 Å². The summed E-state index contributed by atoms with van der Waals surface area (Å²) in [6.45, 7) is 4.42. The van der Waals surface area contributed by atoms with Crippen molar-refractivity contribution in [2.45, 2.75) is 31.3 Å². The van der Waals surface area contributed by atoms with Gasteiger partial charge in [-0.15, -0.1) is 0 Å². The Balaban J connectivity index is 1.50. The normalized spacial score (nSPS) is 17.0. The third kappa shape index (κ3) is 2.84. The van der Waals surface area contributed by atoms with Crippen LogP contribution in [0.5, 0.6) is 5.75 Å². The molecule has 0 atom stereocenters. The Morgan fingerprint density at radius 1 is 0.893 bits per heavy atom. The average molecular weight is 391 g/mol. The van der Waals surface area contributed by atoms with Crippen LogP contribution in [0.4, 0.5) is 4.39 Å². The van der Waals surface area contributed by atoms with Gasteiger partial charge >= 0.3 is 0 Å². The van der Waals surface area contributed by atoms with Crippen molar-refractivity contribution in [3.63, 3.8) is 0 Å². The highest BCUT2D eigenvalue weighted by Crippen LogP contribution is 2.50. The summed E-state index contributed by atoms with van der Waals surface area (Å²) in [4.78, 5) is 0. The van der Waals surface area contributed by atoms with Gasteiger partial charge in [0, 0.05) is 10.6 Å². The van der Waals surface area contributed by atoms with Gasteiger partial charge in [-0.05, 0) is 83.8 Å². The summed E-state index contributed by atoms with van der Waals surface area (Å²) in [5.74, 6) is 0.526. The van der Waals surface area contributed by atoms with Gasteiger partial charge < -0.3 is 4.74 Å². The van der Waals surface area contributed by atoms with Gasteiger partial charge in [0.1, 0.15) is 17.2 Å². The maximum Gasteiger partial charge on any atom is 0.135 e. The van der Waals surface area contributed by atoms with Crippen LogP contribution in [0.25, 0.3) is 16.7 Å². The van der Waals surface area contributed by atoms with E-state index in [1.54, 1.807) is 6.07 Å². The van der Waals surface area contributed by atoms with Crippen LogP contribution in [0.15, 0.2) is 67.2 Å². The van der Waals surface area contributed by atoms with Crippen molar-refractivity contribution >= 4 is 17.2 Å². The molecule has 3 aromatic rings. The van der Waals surface area contributed by atoms with E-state index in [1.807, 2.05) is 12.1 Å². The molecule has 1 aliphatic heterocycles. The molecule has 0 saturated carbocycles. The van der Waals surface area contributed by atoms with Gasteiger partial charge in [-0.3, -0.25) is 0 Å². The second-order valence-corrected chi connectivity index (χ2v) is 8.15. The second kappa shape index (κ2) is 6.49. The highest BCUT2D eigenvalue weighted by molar-refractivity contribution is 6.30. The fourth-order valence-electron chi connectivity index (χ4n) is 4.52. The minimum atomic E-state index is -0.362. The molecule has 0 N–H and O–H groups in total. The summed E-state index contributed by atoms with van der Waals surface area (Å²) in [6.07, 6.45) is 3.79. The second-order valence-electron chi connectivity index (χ2n) is 7.71. The first-order valence-electron chi connectivity index (χ1n) is 9.60. The summed E-state index contributed by atoms with van der Waals surface area (Å²) >= 11 is 6.04. The quantitative estimate of drug-likeness (QED) is 0.440. The third-order valence-corrected chi connectivity index (χ3v) is 6.29. The Hall–Kier alpha value is -2.58. The van der Waals surface area contributed by atoms with Gasteiger partial charge in [0.15, 0.2) is 0 Å². The summed E-state index contributed by atoms with van der Waals surface area (Å²) in [6, 6.07) is 19.2. The number of ether oxygens (including phenoxy) is 1. The number of benzene rings is 3. The molecule has 3 heteroatoms. The Labute approximate surface area is 169 Å². The maximum atomic E-state index is 13.8. The van der Waals surface area contributed by atoms with Crippen molar-refractivity contribution in [2.75, 3.05) is 0 Å². The van der Waals surface area contributed by atoms with Crippen LogP contribution < -0.4 is 4.74 Å². The number of aryl methyl sites for hydroxylation is 2. The zero-order chi connectivity index (χ0) is 19.3. The highest BCUT2D eigenvalue weighted by Gasteiger charge is 2.43. The van der Waals surface area contributed by atoms with E-state index >= 15 is 0 Å². The molecule has 1 spiro atoms. The molecule has 0 aromatic heterocycles. The molecule has 2 aliphatic rings. The lowest BCUT2D eigenvalue weighted by atomic mass is 9.84. The first kappa shape index (κ1) is 17.5. The Morgan fingerprint density at radius 2 is 1.61 bits per heavy atom. The number of rotatable bonds is 1. The molecule has 28 heavy (non-hydrogen) atoms. The van der Waals surface area contributed by atoms with Gasteiger partial charge in [-0.1, -0.05) is 48.5 Å². The molecular weight excluding hydrogens is 371 g/mol. The molecule has 0 unspecified atom stereocenters. The zero-order valence-corrected chi connectivity index (χ0v) is 16.2. The van der Waals surface area contributed by atoms with Gasteiger partial charge in [0.25, 0.3) is 0 Å².